The van der Waals surface area contributed by atoms with Crippen molar-refractivity contribution in [2.75, 3.05) is 0 Å². The van der Waals surface area contributed by atoms with Crippen LogP contribution in [0.4, 0.5) is 0 Å². The summed E-state index contributed by atoms with van der Waals surface area (Å²) in [6.07, 6.45) is 0. The first-order chi connectivity index (χ1) is 9.97. The third kappa shape index (κ3) is 2.33. The fraction of sp³-hybridized carbons (Fsp3) is 0.250. The zero-order valence-corrected chi connectivity index (χ0v) is 13.5. The summed E-state index contributed by atoms with van der Waals surface area (Å²) >= 11 is 0. The minimum atomic E-state index is 1.28. The van der Waals surface area contributed by atoms with E-state index in [0.717, 1.165) is 0 Å². The standard InChI is InChI=1S/C20H22N/c1-13-6-8-15(3)17(10-13)20-12-16(4)18-11-14(2)7-9-19(18)21(20)5/h6-12H,1-5H3/q+1. The first kappa shape index (κ1) is 13.8. The minimum absolute atomic E-state index is 1.28. The first-order valence-corrected chi connectivity index (χ1v) is 7.45. The Morgan fingerprint density at radius 1 is 0.714 bits per heavy atom. The maximum absolute atomic E-state index is 2.31. The number of nitrogens with zero attached hydrogens (tertiary/aromatic N) is 1. The third-order valence-electron chi connectivity index (χ3n) is 4.32. The van der Waals surface area contributed by atoms with E-state index in [0.29, 0.717) is 0 Å². The molecular weight excluding hydrogens is 254 g/mol. The molecule has 3 rings (SSSR count). The first-order valence-electron chi connectivity index (χ1n) is 7.45. The van der Waals surface area contributed by atoms with Crippen molar-refractivity contribution < 1.29 is 4.57 Å². The molecule has 1 heteroatoms. The number of rotatable bonds is 1. The molecule has 0 fully saturated rings. The van der Waals surface area contributed by atoms with Crippen LogP contribution in [0, 0.1) is 27.7 Å². The monoisotopic (exact) mass is 276 g/mol. The van der Waals surface area contributed by atoms with E-state index in [-0.39, 0.29) is 0 Å². The van der Waals surface area contributed by atoms with Gasteiger partial charge in [0.15, 0.2) is 0 Å². The van der Waals surface area contributed by atoms with Crippen molar-refractivity contribution in [1.82, 2.24) is 0 Å². The molecular formula is C20H22N+. The van der Waals surface area contributed by atoms with Crippen molar-refractivity contribution in [3.63, 3.8) is 0 Å². The molecule has 21 heavy (non-hydrogen) atoms. The Labute approximate surface area is 126 Å². The van der Waals surface area contributed by atoms with Gasteiger partial charge in [-0.15, -0.1) is 0 Å². The highest BCUT2D eigenvalue weighted by Gasteiger charge is 2.17. The van der Waals surface area contributed by atoms with Gasteiger partial charge >= 0.3 is 0 Å². The molecule has 2 aromatic carbocycles. The van der Waals surface area contributed by atoms with Crippen LogP contribution in [0.15, 0.2) is 42.5 Å². The topological polar surface area (TPSA) is 3.88 Å². The smallest absolute Gasteiger partial charge is 0.194 e. The summed E-state index contributed by atoms with van der Waals surface area (Å²) in [5.74, 6) is 0. The molecule has 0 saturated heterocycles. The Morgan fingerprint density at radius 2 is 1.38 bits per heavy atom. The zero-order valence-electron chi connectivity index (χ0n) is 13.5. The molecule has 0 amide bonds. The van der Waals surface area contributed by atoms with Gasteiger partial charge in [0.05, 0.1) is 0 Å². The minimum Gasteiger partial charge on any atom is -0.194 e. The van der Waals surface area contributed by atoms with Crippen molar-refractivity contribution in [3.05, 3.63) is 64.7 Å². The van der Waals surface area contributed by atoms with Crippen molar-refractivity contribution in [2.45, 2.75) is 27.7 Å². The average Bonchev–Trinajstić information content (AvgIpc) is 2.45. The van der Waals surface area contributed by atoms with Crippen LogP contribution >= 0.6 is 0 Å². The second-order valence-corrected chi connectivity index (χ2v) is 6.11. The van der Waals surface area contributed by atoms with E-state index >= 15 is 0 Å². The molecule has 0 aliphatic heterocycles. The molecule has 1 aromatic heterocycles. The number of hydrogen-bond acceptors (Lipinski definition) is 0. The maximum atomic E-state index is 2.31. The van der Waals surface area contributed by atoms with Gasteiger partial charge in [-0.2, -0.15) is 4.57 Å². The summed E-state index contributed by atoms with van der Waals surface area (Å²) in [6.45, 7) is 8.69. The Balaban J connectivity index is 2.36. The molecule has 0 atom stereocenters. The molecule has 0 N–H and O–H groups in total. The molecule has 0 bridgehead atoms. The highest BCUT2D eigenvalue weighted by molar-refractivity contribution is 5.82. The predicted molar refractivity (Wildman–Crippen MR) is 89.5 cm³/mol. The van der Waals surface area contributed by atoms with Gasteiger partial charge in [-0.25, -0.2) is 0 Å². The molecule has 1 nitrogen and oxygen atoms in total. The van der Waals surface area contributed by atoms with E-state index in [1.165, 1.54) is 44.4 Å². The summed E-state index contributed by atoms with van der Waals surface area (Å²) in [7, 11) is 2.16. The molecule has 0 spiro atoms. The van der Waals surface area contributed by atoms with Gasteiger partial charge in [-0.3, -0.25) is 0 Å². The van der Waals surface area contributed by atoms with E-state index in [1.807, 2.05) is 0 Å². The summed E-state index contributed by atoms with van der Waals surface area (Å²) in [5.41, 5.74) is 9.16. The van der Waals surface area contributed by atoms with Crippen LogP contribution in [0.5, 0.6) is 0 Å². The number of hydrogen-bond donors (Lipinski definition) is 0. The Kier molecular flexibility index (Phi) is 3.29. The number of pyridine rings is 1. The van der Waals surface area contributed by atoms with Gasteiger partial charge in [0.2, 0.25) is 11.2 Å². The molecule has 1 heterocycles. The lowest BCUT2D eigenvalue weighted by Crippen LogP contribution is -2.32. The average molecular weight is 276 g/mol. The van der Waals surface area contributed by atoms with E-state index in [9.17, 15) is 0 Å². The summed E-state index contributed by atoms with van der Waals surface area (Å²) in [5, 5.41) is 1.34. The Bertz CT molecular complexity index is 844. The number of aromatic nitrogens is 1. The summed E-state index contributed by atoms with van der Waals surface area (Å²) in [4.78, 5) is 0. The fourth-order valence-corrected chi connectivity index (χ4v) is 3.04. The van der Waals surface area contributed by atoms with Crippen LogP contribution in [-0.4, -0.2) is 0 Å². The highest BCUT2D eigenvalue weighted by Crippen LogP contribution is 2.26. The Hall–Kier alpha value is -2.15. The molecule has 0 radical (unpaired) electrons. The van der Waals surface area contributed by atoms with Gasteiger partial charge in [0.25, 0.3) is 0 Å². The zero-order chi connectivity index (χ0) is 15.1. The lowest BCUT2D eigenvalue weighted by atomic mass is 9.98. The molecule has 0 aliphatic carbocycles. The van der Waals surface area contributed by atoms with E-state index < -0.39 is 0 Å². The lowest BCUT2D eigenvalue weighted by molar-refractivity contribution is -0.633. The molecule has 0 saturated carbocycles. The lowest BCUT2D eigenvalue weighted by Gasteiger charge is -2.10. The van der Waals surface area contributed by atoms with Crippen molar-refractivity contribution >= 4 is 10.9 Å². The van der Waals surface area contributed by atoms with Gasteiger partial charge < -0.3 is 0 Å². The SMILES string of the molecule is Cc1ccc(C)c(-c2cc(C)c3cc(C)ccc3[n+]2C)c1. The summed E-state index contributed by atoms with van der Waals surface area (Å²) < 4.78 is 2.31. The van der Waals surface area contributed by atoms with Crippen LogP contribution in [0.1, 0.15) is 22.3 Å². The quantitative estimate of drug-likeness (QED) is 0.573. The van der Waals surface area contributed by atoms with Crippen molar-refractivity contribution in [1.29, 1.82) is 0 Å². The second-order valence-electron chi connectivity index (χ2n) is 6.11. The number of fused-ring (bicyclic) bond motifs is 1. The van der Waals surface area contributed by atoms with Gasteiger partial charge in [0, 0.05) is 23.1 Å². The Morgan fingerprint density at radius 3 is 2.14 bits per heavy atom. The maximum Gasteiger partial charge on any atom is 0.213 e. The predicted octanol–water partition coefficient (Wildman–Crippen LogP) is 4.56. The van der Waals surface area contributed by atoms with E-state index in [1.54, 1.807) is 0 Å². The van der Waals surface area contributed by atoms with Crippen LogP contribution in [0.25, 0.3) is 22.2 Å². The van der Waals surface area contributed by atoms with Crippen LogP contribution in [-0.2, 0) is 7.05 Å². The molecule has 0 aliphatic rings. The van der Waals surface area contributed by atoms with E-state index in [2.05, 4.69) is 81.8 Å². The van der Waals surface area contributed by atoms with Crippen LogP contribution < -0.4 is 4.57 Å². The second kappa shape index (κ2) is 5.00. The molecule has 0 unspecified atom stereocenters. The van der Waals surface area contributed by atoms with Crippen molar-refractivity contribution in [3.8, 4) is 11.3 Å². The molecule has 106 valence electrons. The normalized spacial score (nSPS) is 11.1. The van der Waals surface area contributed by atoms with Crippen LogP contribution in [0.3, 0.4) is 0 Å². The largest absolute Gasteiger partial charge is 0.213 e. The number of benzene rings is 2. The summed E-state index contributed by atoms with van der Waals surface area (Å²) in [6, 6.07) is 15.7. The highest BCUT2D eigenvalue weighted by atomic mass is 14.9. The third-order valence-corrected chi connectivity index (χ3v) is 4.32. The number of aryl methyl sites for hydroxylation is 5. The van der Waals surface area contributed by atoms with Crippen molar-refractivity contribution in [2.24, 2.45) is 7.05 Å². The van der Waals surface area contributed by atoms with E-state index in [4.69, 9.17) is 0 Å². The molecule has 3 aromatic rings. The van der Waals surface area contributed by atoms with Gasteiger partial charge in [-0.05, 0) is 51.0 Å². The van der Waals surface area contributed by atoms with Crippen LogP contribution in [0.2, 0.25) is 0 Å². The fourth-order valence-electron chi connectivity index (χ4n) is 3.04. The van der Waals surface area contributed by atoms with Gasteiger partial charge in [0.1, 0.15) is 7.05 Å². The van der Waals surface area contributed by atoms with Gasteiger partial charge in [-0.1, -0.05) is 29.3 Å².